The molecular weight excluding hydrogens is 704 g/mol. The van der Waals surface area contributed by atoms with Crippen LogP contribution in [0.1, 0.15) is 0 Å². The van der Waals surface area contributed by atoms with Gasteiger partial charge in [0, 0.05) is 16.0 Å². The van der Waals surface area contributed by atoms with Crippen molar-refractivity contribution in [3.05, 3.63) is 89.7 Å². The smallest absolute Gasteiger partial charge is 0.744 e. The van der Waals surface area contributed by atoms with Crippen molar-refractivity contribution in [1.29, 1.82) is 0 Å². The average molecular weight is 721 g/mol. The first kappa shape index (κ1) is 39.0. The van der Waals surface area contributed by atoms with Crippen molar-refractivity contribution in [2.24, 2.45) is 20.2 Å². The minimum absolute atomic E-state index is 0. The Balaban J connectivity index is 0.00000300. The van der Waals surface area contributed by atoms with Crippen molar-refractivity contribution in [2.45, 2.75) is 16.1 Å². The van der Waals surface area contributed by atoms with Crippen molar-refractivity contribution >= 4 is 79.8 Å². The molecule has 5 rings (SSSR count). The minimum Gasteiger partial charge on any atom is -0.744 e. The zero-order valence-electron chi connectivity index (χ0n) is 24.3. The summed E-state index contributed by atoms with van der Waals surface area (Å²) in [5.74, 6) is 0.353. The summed E-state index contributed by atoms with van der Waals surface area (Å²) in [6, 6.07) is 20.0. The Hall–Kier alpha value is -2.49. The number of rotatable bonds is 11. The first-order valence-corrected chi connectivity index (χ1v) is 14.9. The number of anilines is 1. The van der Waals surface area contributed by atoms with Gasteiger partial charge in [-0.05, 0) is 66.0 Å². The van der Waals surface area contributed by atoms with Crippen LogP contribution in [0.5, 0.6) is 5.75 Å². The van der Waals surface area contributed by atoms with Crippen molar-refractivity contribution < 1.29 is 100 Å². The van der Waals surface area contributed by atoms with Gasteiger partial charge in [0.2, 0.25) is 6.30 Å². The number of amidine groups is 1. The number of hydrogen-bond donors (Lipinski definition) is 2. The van der Waals surface area contributed by atoms with Gasteiger partial charge in [-0.1, -0.05) is 29.8 Å². The maximum absolute atomic E-state index is 13.7. The topological polar surface area (TPSA) is 181 Å². The predicted molar refractivity (Wildman–Crippen MR) is 159 cm³/mol. The standard InChI is InChI=1S/C27H19ClF2N6O7S2.2Na/c28-24-25(29)33-27(30)34-26(24)32-16-6-8-17(9-7-16)35-36-22-13-20-15(11-23(22)45(38,39)40)10-19(44-43-42-37)12-21(20)31-14-41-18-4-2-1-3-5-18;;/h1-14,25,32,37H,(H,33,34)(H,38,39,40);;/q;2*+1/p-2. The summed E-state index contributed by atoms with van der Waals surface area (Å²) in [4.78, 5) is 6.95. The van der Waals surface area contributed by atoms with Gasteiger partial charge >= 0.3 is 59.1 Å². The fraction of sp³-hybridized carbons (Fsp3) is 0.0370. The Bertz CT molecular complexity index is 1960. The third-order valence-corrected chi connectivity index (χ3v) is 7.63. The van der Waals surface area contributed by atoms with E-state index in [1.165, 1.54) is 42.5 Å². The second kappa shape index (κ2) is 17.8. The molecule has 0 bridgehead atoms. The van der Waals surface area contributed by atoms with Crippen LogP contribution in [0.2, 0.25) is 0 Å². The zero-order chi connectivity index (χ0) is 32.0. The van der Waals surface area contributed by atoms with Gasteiger partial charge in [-0.25, -0.2) is 17.8 Å². The van der Waals surface area contributed by atoms with Crippen LogP contribution in [0.3, 0.4) is 0 Å². The maximum Gasteiger partial charge on any atom is 1.00 e. The summed E-state index contributed by atoms with van der Waals surface area (Å²) in [6.45, 7) is 0. The number of aliphatic imine (C=N–C) groups is 2. The third kappa shape index (κ3) is 10.5. The van der Waals surface area contributed by atoms with Crippen molar-refractivity contribution in [3.63, 3.8) is 0 Å². The number of fused-ring (bicyclic) bond motifs is 1. The second-order valence-electron chi connectivity index (χ2n) is 8.80. The summed E-state index contributed by atoms with van der Waals surface area (Å²) in [7, 11) is -5.05. The third-order valence-electron chi connectivity index (χ3n) is 5.85. The number of ether oxygens (including phenoxy) is 1. The van der Waals surface area contributed by atoms with Gasteiger partial charge in [0.05, 0.1) is 28.3 Å². The van der Waals surface area contributed by atoms with E-state index in [2.05, 4.69) is 40.2 Å². The number of nitrogens with zero attached hydrogens (tertiary/aromatic N) is 4. The van der Waals surface area contributed by atoms with Crippen LogP contribution < -0.4 is 79.7 Å². The number of hydrogen-bond acceptors (Lipinski definition) is 14. The quantitative estimate of drug-likeness (QED) is 0.0250. The van der Waals surface area contributed by atoms with E-state index in [1.54, 1.807) is 24.3 Å². The molecule has 1 aliphatic heterocycles. The first-order chi connectivity index (χ1) is 21.6. The van der Waals surface area contributed by atoms with Crippen LogP contribution in [0.4, 0.5) is 31.5 Å². The Morgan fingerprint density at radius 2 is 1.74 bits per heavy atom. The molecule has 2 N–H and O–H groups in total. The van der Waals surface area contributed by atoms with E-state index in [1.807, 2.05) is 6.07 Å². The Morgan fingerprint density at radius 1 is 1.02 bits per heavy atom. The van der Waals surface area contributed by atoms with E-state index in [0.717, 1.165) is 12.5 Å². The van der Waals surface area contributed by atoms with Crippen LogP contribution in [0.25, 0.3) is 10.8 Å². The van der Waals surface area contributed by atoms with Crippen LogP contribution in [-0.2, 0) is 19.5 Å². The molecule has 1 aliphatic rings. The SMILES string of the molecule is O=S(=O)([O-])c1cc2cc(SOO[O-])cc(N=COc3ccccc3)c2cc1N=Nc1ccc(NC2=C(Cl)C(F)N=C(F)N2)cc1.[Na+].[Na+]. The summed E-state index contributed by atoms with van der Waals surface area (Å²) < 4.78 is 73.7. The predicted octanol–water partition coefficient (Wildman–Crippen LogP) is 0.181. The minimum atomic E-state index is -5.05. The zero-order valence-corrected chi connectivity index (χ0v) is 30.6. The molecular formula is C27H17ClF2N6Na2O7S2. The van der Waals surface area contributed by atoms with E-state index < -0.39 is 27.4 Å². The molecule has 4 aromatic carbocycles. The molecule has 0 spiro atoms. The van der Waals surface area contributed by atoms with Gasteiger partial charge in [0.1, 0.15) is 32.4 Å². The van der Waals surface area contributed by atoms with E-state index in [9.17, 15) is 27.0 Å². The monoisotopic (exact) mass is 720 g/mol. The number of halogens is 3. The molecule has 0 aromatic heterocycles. The van der Waals surface area contributed by atoms with E-state index >= 15 is 0 Å². The van der Waals surface area contributed by atoms with Gasteiger partial charge in [0.15, 0.2) is 6.40 Å². The molecule has 0 saturated carbocycles. The summed E-state index contributed by atoms with van der Waals surface area (Å²) in [6.07, 6.45) is -2.07. The molecule has 0 saturated heterocycles. The van der Waals surface area contributed by atoms with Crippen molar-refractivity contribution in [3.8, 4) is 5.75 Å². The molecule has 232 valence electrons. The van der Waals surface area contributed by atoms with E-state index in [4.69, 9.17) is 16.3 Å². The number of nitrogens with one attached hydrogen (secondary N) is 2. The second-order valence-corrected chi connectivity index (χ2v) is 11.3. The van der Waals surface area contributed by atoms with E-state index in [-0.39, 0.29) is 92.4 Å². The van der Waals surface area contributed by atoms with Crippen LogP contribution in [-0.4, -0.2) is 31.8 Å². The fourth-order valence-electron chi connectivity index (χ4n) is 3.89. The van der Waals surface area contributed by atoms with Gasteiger partial charge in [-0.15, -0.1) is 5.11 Å². The number of benzene rings is 4. The van der Waals surface area contributed by atoms with E-state index in [0.29, 0.717) is 33.8 Å². The molecule has 1 unspecified atom stereocenters. The molecule has 1 heterocycles. The molecule has 20 heteroatoms. The molecule has 13 nitrogen and oxygen atoms in total. The summed E-state index contributed by atoms with van der Waals surface area (Å²) in [5, 5.41) is 26.9. The normalized spacial score (nSPS) is 14.8. The van der Waals surface area contributed by atoms with Gasteiger partial charge in [0.25, 0.3) is 6.09 Å². The fourth-order valence-corrected chi connectivity index (χ4v) is 5.10. The Morgan fingerprint density at radius 3 is 2.43 bits per heavy atom. The average Bonchev–Trinajstić information content (AvgIpc) is 3.01. The van der Waals surface area contributed by atoms with Crippen LogP contribution in [0.15, 0.2) is 120 Å². The molecule has 0 fully saturated rings. The molecule has 4 aromatic rings. The van der Waals surface area contributed by atoms with Crippen molar-refractivity contribution in [1.82, 2.24) is 5.32 Å². The van der Waals surface area contributed by atoms with Gasteiger partial charge in [-0.2, -0.15) is 18.8 Å². The van der Waals surface area contributed by atoms with Gasteiger partial charge < -0.3 is 25.2 Å². The van der Waals surface area contributed by atoms with Crippen LogP contribution >= 0.6 is 23.6 Å². The number of alkyl halides is 1. The first-order valence-electron chi connectivity index (χ1n) is 12.4. The summed E-state index contributed by atoms with van der Waals surface area (Å²) >= 11 is 6.38. The molecule has 0 amide bonds. The van der Waals surface area contributed by atoms with Crippen molar-refractivity contribution in [2.75, 3.05) is 5.32 Å². The van der Waals surface area contributed by atoms with Gasteiger partial charge in [-0.3, -0.25) is 5.04 Å². The maximum atomic E-state index is 13.7. The number of para-hydroxylation sites is 1. The summed E-state index contributed by atoms with van der Waals surface area (Å²) in [5.41, 5.74) is 0.555. The molecule has 47 heavy (non-hydrogen) atoms. The molecule has 1 atom stereocenters. The molecule has 0 radical (unpaired) electrons. The Kier molecular flexibility index (Phi) is 14.7. The van der Waals surface area contributed by atoms with Crippen LogP contribution in [0, 0.1) is 0 Å². The Labute approximate surface area is 319 Å². The molecule has 0 aliphatic carbocycles. The largest absolute Gasteiger partial charge is 1.00 e. The number of azo groups is 1.